The molecule has 0 spiro atoms. The summed E-state index contributed by atoms with van der Waals surface area (Å²) < 4.78 is 31.6. The maximum Gasteiger partial charge on any atom is 0.309 e. The van der Waals surface area contributed by atoms with E-state index in [2.05, 4.69) is 15.5 Å². The first-order valence-electron chi connectivity index (χ1n) is 9.77. The van der Waals surface area contributed by atoms with Gasteiger partial charge in [-0.3, -0.25) is 14.5 Å². The lowest BCUT2D eigenvalue weighted by molar-refractivity contribution is -0.139. The van der Waals surface area contributed by atoms with Gasteiger partial charge in [0.1, 0.15) is 5.25 Å². The Bertz CT molecular complexity index is 975. The summed E-state index contributed by atoms with van der Waals surface area (Å²) in [6.45, 7) is 3.59. The largest absolute Gasteiger partial charge is 0.379 e. The molecule has 2 amide bonds. The van der Waals surface area contributed by atoms with E-state index >= 15 is 0 Å². The van der Waals surface area contributed by atoms with Crippen LogP contribution in [0.15, 0.2) is 46.7 Å². The zero-order valence-corrected chi connectivity index (χ0v) is 19.1. The number of hydrogen-bond acceptors (Lipinski definition) is 7. The third-order valence-electron chi connectivity index (χ3n) is 4.85. The second-order valence-corrected chi connectivity index (χ2v) is 10.5. The predicted molar refractivity (Wildman–Crippen MR) is 119 cm³/mol. The Labute approximate surface area is 190 Å². The SMILES string of the molecule is O=C(NCCN1CCOCC1)C(=O)NC[C@H](c1cccs1)S(=O)(=O)c1ccc(Cl)cc1. The molecule has 0 unspecified atom stereocenters. The van der Waals surface area contributed by atoms with Crippen LogP contribution in [0.3, 0.4) is 0 Å². The Morgan fingerprint density at radius 3 is 2.42 bits per heavy atom. The molecule has 1 aromatic carbocycles. The molecule has 168 valence electrons. The lowest BCUT2D eigenvalue weighted by Gasteiger charge is -2.26. The quantitative estimate of drug-likeness (QED) is 0.549. The number of halogens is 1. The van der Waals surface area contributed by atoms with Gasteiger partial charge in [0, 0.05) is 42.6 Å². The number of nitrogens with zero attached hydrogens (tertiary/aromatic N) is 1. The van der Waals surface area contributed by atoms with Crippen molar-refractivity contribution >= 4 is 44.6 Å². The molecule has 2 N–H and O–H groups in total. The standard InChI is InChI=1S/C20H24ClN3O5S2/c21-15-3-5-16(6-4-15)31(27,28)18(17-2-1-13-30-17)14-23-20(26)19(25)22-7-8-24-9-11-29-12-10-24/h1-6,13,18H,7-12,14H2,(H,22,25)(H,23,26)/t18-/m1/s1. The van der Waals surface area contributed by atoms with E-state index in [1.54, 1.807) is 17.5 Å². The first kappa shape index (κ1) is 23.7. The van der Waals surface area contributed by atoms with Crippen LogP contribution in [0.1, 0.15) is 10.1 Å². The molecule has 1 fully saturated rings. The Kier molecular flexibility index (Phi) is 8.44. The van der Waals surface area contributed by atoms with E-state index in [0.29, 0.717) is 36.2 Å². The molecule has 1 aromatic heterocycles. The summed E-state index contributed by atoms with van der Waals surface area (Å²) in [5.74, 6) is -1.66. The number of thiophene rings is 1. The third kappa shape index (κ3) is 6.50. The van der Waals surface area contributed by atoms with Gasteiger partial charge in [-0.2, -0.15) is 0 Å². The fourth-order valence-corrected chi connectivity index (χ4v) is 6.03. The van der Waals surface area contributed by atoms with E-state index in [4.69, 9.17) is 16.3 Å². The zero-order valence-electron chi connectivity index (χ0n) is 16.8. The highest BCUT2D eigenvalue weighted by Crippen LogP contribution is 2.31. The van der Waals surface area contributed by atoms with Gasteiger partial charge >= 0.3 is 11.8 Å². The summed E-state index contributed by atoms with van der Waals surface area (Å²) in [5.41, 5.74) is 0. The number of morpholine rings is 1. The number of amides is 2. The average Bonchev–Trinajstić information content (AvgIpc) is 3.29. The number of carbonyl (C=O) groups excluding carboxylic acids is 2. The predicted octanol–water partition coefficient (Wildman–Crippen LogP) is 1.48. The van der Waals surface area contributed by atoms with Gasteiger partial charge in [-0.05, 0) is 35.7 Å². The summed E-state index contributed by atoms with van der Waals surface area (Å²) in [6.07, 6.45) is 0. The molecule has 1 aliphatic heterocycles. The molecule has 1 aliphatic rings. The molecule has 0 aliphatic carbocycles. The van der Waals surface area contributed by atoms with Crippen molar-refractivity contribution in [2.45, 2.75) is 10.1 Å². The monoisotopic (exact) mass is 485 g/mol. The van der Waals surface area contributed by atoms with Gasteiger partial charge in [0.15, 0.2) is 9.84 Å². The second kappa shape index (κ2) is 11.1. The van der Waals surface area contributed by atoms with Crippen LogP contribution >= 0.6 is 22.9 Å². The van der Waals surface area contributed by atoms with E-state index < -0.39 is 26.9 Å². The van der Waals surface area contributed by atoms with Crippen LogP contribution in [0.25, 0.3) is 0 Å². The molecule has 0 radical (unpaired) electrons. The fraction of sp³-hybridized carbons (Fsp3) is 0.400. The molecule has 8 nitrogen and oxygen atoms in total. The minimum Gasteiger partial charge on any atom is -0.379 e. The normalized spacial score (nSPS) is 15.9. The zero-order chi connectivity index (χ0) is 22.3. The second-order valence-electron chi connectivity index (χ2n) is 6.92. The minimum absolute atomic E-state index is 0.0968. The number of hydrogen-bond donors (Lipinski definition) is 2. The molecular formula is C20H24ClN3O5S2. The van der Waals surface area contributed by atoms with Crippen LogP contribution in [-0.4, -0.2) is 71.1 Å². The number of carbonyl (C=O) groups is 2. The van der Waals surface area contributed by atoms with Crippen LogP contribution in [0.5, 0.6) is 0 Å². The van der Waals surface area contributed by atoms with Gasteiger partial charge in [-0.1, -0.05) is 17.7 Å². The van der Waals surface area contributed by atoms with Gasteiger partial charge in [-0.25, -0.2) is 8.42 Å². The third-order valence-corrected chi connectivity index (χ3v) is 8.33. The first-order valence-corrected chi connectivity index (χ1v) is 12.6. The highest BCUT2D eigenvalue weighted by atomic mass is 35.5. The van der Waals surface area contributed by atoms with Crippen molar-refractivity contribution in [1.82, 2.24) is 15.5 Å². The minimum atomic E-state index is -3.81. The molecular weight excluding hydrogens is 462 g/mol. The van der Waals surface area contributed by atoms with E-state index in [9.17, 15) is 18.0 Å². The van der Waals surface area contributed by atoms with E-state index in [-0.39, 0.29) is 11.4 Å². The van der Waals surface area contributed by atoms with Gasteiger partial charge in [0.2, 0.25) is 0 Å². The molecule has 2 heterocycles. The lowest BCUT2D eigenvalue weighted by atomic mass is 10.3. The van der Waals surface area contributed by atoms with Gasteiger partial charge < -0.3 is 15.4 Å². The Balaban J connectivity index is 1.59. The summed E-state index contributed by atoms with van der Waals surface area (Å²) in [7, 11) is -3.81. The number of rotatable bonds is 8. The Morgan fingerprint density at radius 2 is 1.77 bits per heavy atom. The highest BCUT2D eigenvalue weighted by molar-refractivity contribution is 7.91. The van der Waals surface area contributed by atoms with Gasteiger partial charge in [0.05, 0.1) is 18.1 Å². The average molecular weight is 486 g/mol. The van der Waals surface area contributed by atoms with E-state index in [0.717, 1.165) is 13.1 Å². The summed E-state index contributed by atoms with van der Waals surface area (Å²) in [5, 5.41) is 6.21. The Morgan fingerprint density at radius 1 is 1.10 bits per heavy atom. The highest BCUT2D eigenvalue weighted by Gasteiger charge is 2.31. The van der Waals surface area contributed by atoms with Crippen LogP contribution in [0.2, 0.25) is 5.02 Å². The molecule has 2 aromatic rings. The number of benzene rings is 1. The maximum atomic E-state index is 13.2. The fourth-order valence-electron chi connectivity index (χ4n) is 3.12. The van der Waals surface area contributed by atoms with Gasteiger partial charge in [-0.15, -0.1) is 11.3 Å². The van der Waals surface area contributed by atoms with Crippen molar-refractivity contribution in [2.24, 2.45) is 0 Å². The van der Waals surface area contributed by atoms with Crippen LogP contribution in [0, 0.1) is 0 Å². The topological polar surface area (TPSA) is 105 Å². The van der Waals surface area contributed by atoms with E-state index in [1.807, 2.05) is 0 Å². The molecule has 3 rings (SSSR count). The molecule has 0 bridgehead atoms. The molecule has 1 atom stereocenters. The van der Waals surface area contributed by atoms with Crippen LogP contribution in [0.4, 0.5) is 0 Å². The van der Waals surface area contributed by atoms with Crippen molar-refractivity contribution in [3.63, 3.8) is 0 Å². The molecule has 0 saturated carbocycles. The molecule has 1 saturated heterocycles. The summed E-state index contributed by atoms with van der Waals surface area (Å²) >= 11 is 7.14. The number of sulfone groups is 1. The van der Waals surface area contributed by atoms with Crippen molar-refractivity contribution < 1.29 is 22.7 Å². The van der Waals surface area contributed by atoms with Crippen LogP contribution in [-0.2, 0) is 24.2 Å². The summed E-state index contributed by atoms with van der Waals surface area (Å²) in [4.78, 5) is 27.2. The van der Waals surface area contributed by atoms with E-state index in [1.165, 1.54) is 35.6 Å². The van der Waals surface area contributed by atoms with Crippen molar-refractivity contribution in [3.8, 4) is 0 Å². The maximum absolute atomic E-state index is 13.2. The van der Waals surface area contributed by atoms with Crippen LogP contribution < -0.4 is 10.6 Å². The van der Waals surface area contributed by atoms with Crippen molar-refractivity contribution in [1.29, 1.82) is 0 Å². The smallest absolute Gasteiger partial charge is 0.309 e. The first-order chi connectivity index (χ1) is 14.9. The Hall–Kier alpha value is -1.98. The number of ether oxygens (including phenoxy) is 1. The van der Waals surface area contributed by atoms with Crippen molar-refractivity contribution in [3.05, 3.63) is 51.7 Å². The number of nitrogens with one attached hydrogen (secondary N) is 2. The summed E-state index contributed by atoms with van der Waals surface area (Å²) in [6, 6.07) is 9.29. The van der Waals surface area contributed by atoms with Crippen molar-refractivity contribution in [2.75, 3.05) is 45.9 Å². The molecule has 11 heteroatoms. The lowest BCUT2D eigenvalue weighted by Crippen LogP contribution is -2.46. The molecule has 31 heavy (non-hydrogen) atoms. The van der Waals surface area contributed by atoms with Gasteiger partial charge in [0.25, 0.3) is 0 Å².